The van der Waals surface area contributed by atoms with Gasteiger partial charge in [-0.05, 0) is 24.0 Å². The van der Waals surface area contributed by atoms with E-state index in [1.807, 2.05) is 0 Å². The van der Waals surface area contributed by atoms with Gasteiger partial charge in [0.25, 0.3) is 5.69 Å². The highest BCUT2D eigenvalue weighted by atomic mass is 16.6. The molecule has 1 aliphatic rings. The minimum absolute atomic E-state index is 0.0157. The van der Waals surface area contributed by atoms with E-state index < -0.39 is 4.92 Å². The lowest BCUT2D eigenvalue weighted by atomic mass is 10.0. The van der Waals surface area contributed by atoms with Crippen LogP contribution in [0.1, 0.15) is 38.7 Å². The van der Waals surface area contributed by atoms with Crippen LogP contribution in [0.2, 0.25) is 0 Å². The SMILES string of the molecule is CCC(CC)CNc1cc2c(cc1[N+](=O)[O-])NC(=O)CC2. The summed E-state index contributed by atoms with van der Waals surface area (Å²) in [7, 11) is 0. The molecule has 1 aliphatic heterocycles. The minimum Gasteiger partial charge on any atom is -0.379 e. The number of rotatable bonds is 6. The molecule has 1 aromatic rings. The molecule has 0 bridgehead atoms. The van der Waals surface area contributed by atoms with E-state index in [2.05, 4.69) is 24.5 Å². The van der Waals surface area contributed by atoms with E-state index in [4.69, 9.17) is 0 Å². The summed E-state index contributed by atoms with van der Waals surface area (Å²) < 4.78 is 0. The van der Waals surface area contributed by atoms with Gasteiger partial charge in [0.05, 0.1) is 10.6 Å². The number of hydrogen-bond donors (Lipinski definition) is 2. The van der Waals surface area contributed by atoms with Crippen LogP contribution in [0.25, 0.3) is 0 Å². The normalized spacial score (nSPS) is 13.8. The van der Waals surface area contributed by atoms with E-state index in [-0.39, 0.29) is 11.6 Å². The number of aryl methyl sites for hydroxylation is 1. The van der Waals surface area contributed by atoms with Gasteiger partial charge in [-0.2, -0.15) is 0 Å². The molecule has 6 nitrogen and oxygen atoms in total. The Morgan fingerprint density at radius 3 is 2.67 bits per heavy atom. The van der Waals surface area contributed by atoms with Crippen molar-refractivity contribution in [2.45, 2.75) is 39.5 Å². The fourth-order valence-electron chi connectivity index (χ4n) is 2.54. The fourth-order valence-corrected chi connectivity index (χ4v) is 2.54. The molecule has 1 amide bonds. The molecule has 114 valence electrons. The standard InChI is InChI=1S/C15H21N3O3/c1-3-10(4-2)9-16-13-7-11-5-6-15(19)17-12(11)8-14(13)18(20)21/h7-8,10,16H,3-6,9H2,1-2H3,(H,17,19). The molecular formula is C15H21N3O3. The molecule has 21 heavy (non-hydrogen) atoms. The number of nitrogens with zero attached hydrogens (tertiary/aromatic N) is 1. The zero-order valence-corrected chi connectivity index (χ0v) is 12.4. The number of benzene rings is 1. The second-order valence-electron chi connectivity index (χ2n) is 5.40. The monoisotopic (exact) mass is 291 g/mol. The topological polar surface area (TPSA) is 84.3 Å². The Morgan fingerprint density at radius 2 is 2.05 bits per heavy atom. The summed E-state index contributed by atoms with van der Waals surface area (Å²) >= 11 is 0. The Bertz CT molecular complexity index is 553. The van der Waals surface area contributed by atoms with Gasteiger partial charge in [0.15, 0.2) is 0 Å². The van der Waals surface area contributed by atoms with Crippen molar-refractivity contribution in [2.24, 2.45) is 5.92 Å². The van der Waals surface area contributed by atoms with Crippen LogP contribution in [0.15, 0.2) is 12.1 Å². The van der Waals surface area contributed by atoms with Crippen molar-refractivity contribution in [1.29, 1.82) is 0 Å². The van der Waals surface area contributed by atoms with Gasteiger partial charge in [-0.1, -0.05) is 26.7 Å². The first kappa shape index (κ1) is 15.3. The second kappa shape index (κ2) is 6.56. The summed E-state index contributed by atoms with van der Waals surface area (Å²) in [6.07, 6.45) is 3.13. The van der Waals surface area contributed by atoms with Gasteiger partial charge in [0, 0.05) is 19.0 Å². The number of nitro benzene ring substituents is 1. The molecule has 0 spiro atoms. The van der Waals surface area contributed by atoms with Crippen LogP contribution in [0.5, 0.6) is 0 Å². The van der Waals surface area contributed by atoms with Crippen LogP contribution < -0.4 is 10.6 Å². The van der Waals surface area contributed by atoms with Crippen molar-refractivity contribution in [2.75, 3.05) is 17.2 Å². The highest BCUT2D eigenvalue weighted by Gasteiger charge is 2.22. The molecule has 0 saturated carbocycles. The first-order valence-corrected chi connectivity index (χ1v) is 7.40. The Kier molecular flexibility index (Phi) is 4.77. The number of amides is 1. The van der Waals surface area contributed by atoms with Gasteiger partial charge >= 0.3 is 0 Å². The number of hydrogen-bond acceptors (Lipinski definition) is 4. The molecule has 1 aromatic carbocycles. The number of fused-ring (bicyclic) bond motifs is 1. The van der Waals surface area contributed by atoms with Gasteiger partial charge in [-0.3, -0.25) is 14.9 Å². The Hall–Kier alpha value is -2.11. The van der Waals surface area contributed by atoms with Crippen molar-refractivity contribution in [3.8, 4) is 0 Å². The van der Waals surface area contributed by atoms with Crippen LogP contribution in [0.3, 0.4) is 0 Å². The number of carbonyl (C=O) groups excluding carboxylic acids is 1. The molecule has 0 fully saturated rings. The van der Waals surface area contributed by atoms with Crippen LogP contribution in [0, 0.1) is 16.0 Å². The first-order valence-electron chi connectivity index (χ1n) is 7.40. The maximum atomic E-state index is 11.4. The third-order valence-corrected chi connectivity index (χ3v) is 4.05. The predicted octanol–water partition coefficient (Wildman–Crippen LogP) is 3.33. The Morgan fingerprint density at radius 1 is 1.33 bits per heavy atom. The molecule has 0 saturated heterocycles. The second-order valence-corrected chi connectivity index (χ2v) is 5.40. The van der Waals surface area contributed by atoms with E-state index in [1.165, 1.54) is 6.07 Å². The van der Waals surface area contributed by atoms with Crippen molar-refractivity contribution >= 4 is 23.0 Å². The predicted molar refractivity (Wildman–Crippen MR) is 82.6 cm³/mol. The molecular weight excluding hydrogens is 270 g/mol. The van der Waals surface area contributed by atoms with Gasteiger partial charge in [-0.25, -0.2) is 0 Å². The molecule has 0 unspecified atom stereocenters. The van der Waals surface area contributed by atoms with Gasteiger partial charge in [0.2, 0.25) is 5.91 Å². The summed E-state index contributed by atoms with van der Waals surface area (Å²) in [6, 6.07) is 3.26. The Labute approximate surface area is 124 Å². The Balaban J connectivity index is 2.27. The summed E-state index contributed by atoms with van der Waals surface area (Å²) in [6.45, 7) is 4.96. The highest BCUT2D eigenvalue weighted by molar-refractivity contribution is 5.95. The molecule has 6 heteroatoms. The van der Waals surface area contributed by atoms with E-state index in [1.54, 1.807) is 6.07 Å². The van der Waals surface area contributed by atoms with E-state index in [9.17, 15) is 14.9 Å². The average Bonchev–Trinajstić information content (AvgIpc) is 2.47. The van der Waals surface area contributed by atoms with Crippen LogP contribution in [-0.4, -0.2) is 17.4 Å². The third kappa shape index (κ3) is 3.51. The average molecular weight is 291 g/mol. The van der Waals surface area contributed by atoms with Crippen LogP contribution in [0.4, 0.5) is 17.1 Å². The smallest absolute Gasteiger partial charge is 0.294 e. The molecule has 2 N–H and O–H groups in total. The third-order valence-electron chi connectivity index (χ3n) is 4.05. The summed E-state index contributed by atoms with van der Waals surface area (Å²) in [5.74, 6) is 0.412. The number of carbonyl (C=O) groups is 1. The van der Waals surface area contributed by atoms with E-state index in [0.717, 1.165) is 24.9 Å². The van der Waals surface area contributed by atoms with Crippen molar-refractivity contribution in [1.82, 2.24) is 0 Å². The van der Waals surface area contributed by atoms with E-state index >= 15 is 0 Å². The quantitative estimate of drug-likeness (QED) is 0.622. The van der Waals surface area contributed by atoms with Gasteiger partial charge in [0.1, 0.15) is 5.69 Å². The zero-order chi connectivity index (χ0) is 15.4. The zero-order valence-electron chi connectivity index (χ0n) is 12.4. The fraction of sp³-hybridized carbons (Fsp3) is 0.533. The largest absolute Gasteiger partial charge is 0.379 e. The molecule has 0 radical (unpaired) electrons. The molecule has 1 heterocycles. The maximum Gasteiger partial charge on any atom is 0.294 e. The molecule has 0 aromatic heterocycles. The maximum absolute atomic E-state index is 11.4. The first-order chi connectivity index (χ1) is 10.0. The highest BCUT2D eigenvalue weighted by Crippen LogP contribution is 2.34. The van der Waals surface area contributed by atoms with Crippen molar-refractivity contribution in [3.05, 3.63) is 27.8 Å². The molecule has 2 rings (SSSR count). The lowest BCUT2D eigenvalue weighted by Crippen LogP contribution is -2.20. The molecule has 0 atom stereocenters. The van der Waals surface area contributed by atoms with Gasteiger partial charge in [-0.15, -0.1) is 0 Å². The summed E-state index contributed by atoms with van der Waals surface area (Å²) in [5.41, 5.74) is 2.07. The van der Waals surface area contributed by atoms with Crippen molar-refractivity contribution < 1.29 is 9.72 Å². The van der Waals surface area contributed by atoms with E-state index in [0.29, 0.717) is 30.1 Å². The summed E-state index contributed by atoms with van der Waals surface area (Å²) in [5, 5.41) is 17.1. The molecule has 0 aliphatic carbocycles. The number of anilines is 2. The lowest BCUT2D eigenvalue weighted by Gasteiger charge is -2.19. The lowest BCUT2D eigenvalue weighted by molar-refractivity contribution is -0.383. The minimum atomic E-state index is -0.406. The van der Waals surface area contributed by atoms with Gasteiger partial charge < -0.3 is 10.6 Å². The van der Waals surface area contributed by atoms with Crippen LogP contribution >= 0.6 is 0 Å². The number of nitrogens with one attached hydrogen (secondary N) is 2. The van der Waals surface area contributed by atoms with Crippen molar-refractivity contribution in [3.63, 3.8) is 0 Å². The summed E-state index contributed by atoms with van der Waals surface area (Å²) in [4.78, 5) is 22.2. The van der Waals surface area contributed by atoms with Crippen LogP contribution in [-0.2, 0) is 11.2 Å². The number of nitro groups is 1.